The molecule has 2 heterocycles. The highest BCUT2D eigenvalue weighted by molar-refractivity contribution is 6.32. The van der Waals surface area contributed by atoms with Gasteiger partial charge in [-0.2, -0.15) is 5.10 Å². The second-order valence-corrected chi connectivity index (χ2v) is 3.40. The predicted molar refractivity (Wildman–Crippen MR) is 55.5 cm³/mol. The van der Waals surface area contributed by atoms with Crippen molar-refractivity contribution in [2.24, 2.45) is 0 Å². The summed E-state index contributed by atoms with van der Waals surface area (Å²) in [5.74, 6) is 0.916. The fourth-order valence-electron chi connectivity index (χ4n) is 1.12. The van der Waals surface area contributed by atoms with Crippen molar-refractivity contribution in [2.75, 3.05) is 7.11 Å². The van der Waals surface area contributed by atoms with Gasteiger partial charge in [-0.1, -0.05) is 11.6 Å². The highest BCUT2D eigenvalue weighted by Crippen LogP contribution is 2.18. The highest BCUT2D eigenvalue weighted by Gasteiger charge is 2.08. The Kier molecular flexibility index (Phi) is 2.55. The number of hydrogen-bond donors (Lipinski definition) is 0. The lowest BCUT2D eigenvalue weighted by Gasteiger charge is -2.01. The minimum atomic E-state index is 0.424. The number of methoxy groups -OCH3 is 1. The first kappa shape index (κ1) is 9.92. The lowest BCUT2D eigenvalue weighted by molar-refractivity contribution is 0.394. The summed E-state index contributed by atoms with van der Waals surface area (Å²) in [6.45, 7) is 1.92. The molecule has 15 heavy (non-hydrogen) atoms. The van der Waals surface area contributed by atoms with Crippen molar-refractivity contribution in [3.8, 4) is 11.7 Å². The molecular weight excluding hydrogens is 216 g/mol. The van der Waals surface area contributed by atoms with Crippen LogP contribution >= 0.6 is 11.6 Å². The minimum absolute atomic E-state index is 0.424. The number of nitrogens with zero attached hydrogens (tertiary/aromatic N) is 4. The highest BCUT2D eigenvalue weighted by atomic mass is 35.5. The van der Waals surface area contributed by atoms with Gasteiger partial charge in [0.15, 0.2) is 5.82 Å². The standard InChI is InChI=1S/C9H9ClN4O/c1-6-3-7(10)9(11-4-6)14-12-5-8(13-14)15-2/h3-5H,1-2H3. The van der Waals surface area contributed by atoms with Crippen LogP contribution in [0.5, 0.6) is 5.88 Å². The molecule has 0 aliphatic heterocycles. The molecule has 0 amide bonds. The number of pyridine rings is 1. The van der Waals surface area contributed by atoms with Crippen molar-refractivity contribution in [3.63, 3.8) is 0 Å². The van der Waals surface area contributed by atoms with E-state index in [4.69, 9.17) is 16.3 Å². The Hall–Kier alpha value is -1.62. The fraction of sp³-hybridized carbons (Fsp3) is 0.222. The normalized spacial score (nSPS) is 10.3. The van der Waals surface area contributed by atoms with Gasteiger partial charge in [0.05, 0.1) is 12.1 Å². The van der Waals surface area contributed by atoms with Gasteiger partial charge in [0.25, 0.3) is 5.88 Å². The van der Waals surface area contributed by atoms with Crippen LogP contribution in [0.4, 0.5) is 0 Å². The van der Waals surface area contributed by atoms with Crippen LogP contribution in [0.25, 0.3) is 5.82 Å². The summed E-state index contributed by atoms with van der Waals surface area (Å²) in [4.78, 5) is 5.48. The maximum Gasteiger partial charge on any atom is 0.253 e. The van der Waals surface area contributed by atoms with Gasteiger partial charge >= 0.3 is 0 Å². The molecule has 0 aliphatic rings. The van der Waals surface area contributed by atoms with Crippen LogP contribution in [-0.2, 0) is 0 Å². The molecule has 0 spiro atoms. The fourth-order valence-corrected chi connectivity index (χ4v) is 1.41. The molecule has 0 aliphatic carbocycles. The van der Waals surface area contributed by atoms with Gasteiger partial charge < -0.3 is 4.74 Å². The molecule has 0 radical (unpaired) electrons. The Bertz CT molecular complexity index is 483. The predicted octanol–water partition coefficient (Wildman–Crippen LogP) is 1.63. The van der Waals surface area contributed by atoms with Gasteiger partial charge in [0.1, 0.15) is 6.20 Å². The molecule has 78 valence electrons. The lowest BCUT2D eigenvalue weighted by atomic mass is 10.3. The first-order valence-electron chi connectivity index (χ1n) is 4.29. The van der Waals surface area contributed by atoms with Gasteiger partial charge in [0, 0.05) is 6.20 Å². The minimum Gasteiger partial charge on any atom is -0.479 e. The van der Waals surface area contributed by atoms with Crippen molar-refractivity contribution < 1.29 is 4.74 Å². The van der Waals surface area contributed by atoms with E-state index < -0.39 is 0 Å². The van der Waals surface area contributed by atoms with Crippen LogP contribution < -0.4 is 4.74 Å². The molecule has 2 aromatic rings. The number of hydrogen-bond acceptors (Lipinski definition) is 4. The molecule has 0 saturated heterocycles. The van der Waals surface area contributed by atoms with E-state index in [1.807, 2.05) is 6.92 Å². The summed E-state index contributed by atoms with van der Waals surface area (Å²) < 4.78 is 4.91. The molecule has 0 fully saturated rings. The average Bonchev–Trinajstić information content (AvgIpc) is 2.66. The second kappa shape index (κ2) is 3.86. The van der Waals surface area contributed by atoms with E-state index in [9.17, 15) is 0 Å². The number of aromatic nitrogens is 4. The third-order valence-corrected chi connectivity index (χ3v) is 2.11. The first-order valence-corrected chi connectivity index (χ1v) is 4.67. The van der Waals surface area contributed by atoms with Crippen LogP contribution in [-0.4, -0.2) is 27.1 Å². The number of rotatable bonds is 2. The monoisotopic (exact) mass is 224 g/mol. The Morgan fingerprint density at radius 1 is 1.40 bits per heavy atom. The van der Waals surface area contributed by atoms with Crippen LogP contribution in [0.15, 0.2) is 18.5 Å². The molecule has 0 bridgehead atoms. The number of ether oxygens (including phenoxy) is 1. The van der Waals surface area contributed by atoms with Crippen LogP contribution in [0, 0.1) is 6.92 Å². The van der Waals surface area contributed by atoms with Gasteiger partial charge in [-0.3, -0.25) is 0 Å². The molecule has 5 nitrogen and oxygen atoms in total. The Balaban J connectivity index is 2.44. The Morgan fingerprint density at radius 3 is 2.80 bits per heavy atom. The molecule has 0 atom stereocenters. The van der Waals surface area contributed by atoms with Crippen molar-refractivity contribution in [1.29, 1.82) is 0 Å². The lowest BCUT2D eigenvalue weighted by Crippen LogP contribution is -2.02. The zero-order chi connectivity index (χ0) is 10.8. The molecule has 2 rings (SSSR count). The molecule has 0 unspecified atom stereocenters. The topological polar surface area (TPSA) is 52.8 Å². The van der Waals surface area contributed by atoms with Crippen molar-refractivity contribution in [2.45, 2.75) is 6.92 Å². The second-order valence-electron chi connectivity index (χ2n) is 2.99. The molecular formula is C9H9ClN4O. The Labute approximate surface area is 91.7 Å². The summed E-state index contributed by atoms with van der Waals surface area (Å²) >= 11 is 6.01. The molecule has 0 saturated carbocycles. The SMILES string of the molecule is COc1cnn(-c2ncc(C)cc2Cl)n1. The van der Waals surface area contributed by atoms with E-state index in [1.54, 1.807) is 12.3 Å². The van der Waals surface area contributed by atoms with E-state index in [2.05, 4.69) is 15.2 Å². The van der Waals surface area contributed by atoms with E-state index in [-0.39, 0.29) is 0 Å². The first-order chi connectivity index (χ1) is 7.20. The molecule has 0 N–H and O–H groups in total. The van der Waals surface area contributed by atoms with Gasteiger partial charge in [-0.15, -0.1) is 9.90 Å². The van der Waals surface area contributed by atoms with Crippen molar-refractivity contribution in [3.05, 3.63) is 29.0 Å². The van der Waals surface area contributed by atoms with Crippen LogP contribution in [0.2, 0.25) is 5.02 Å². The molecule has 0 aromatic carbocycles. The van der Waals surface area contributed by atoms with Gasteiger partial charge in [0.2, 0.25) is 0 Å². The largest absolute Gasteiger partial charge is 0.479 e. The summed E-state index contributed by atoms with van der Waals surface area (Å²) in [7, 11) is 1.53. The number of halogens is 1. The third-order valence-electron chi connectivity index (χ3n) is 1.83. The van der Waals surface area contributed by atoms with Crippen molar-refractivity contribution >= 4 is 11.6 Å². The van der Waals surface area contributed by atoms with Gasteiger partial charge in [-0.05, 0) is 18.6 Å². The van der Waals surface area contributed by atoms with Crippen LogP contribution in [0.1, 0.15) is 5.56 Å². The van der Waals surface area contributed by atoms with E-state index >= 15 is 0 Å². The summed E-state index contributed by atoms with van der Waals surface area (Å²) in [5.41, 5.74) is 0.989. The summed E-state index contributed by atoms with van der Waals surface area (Å²) in [6.07, 6.45) is 3.20. The zero-order valence-electron chi connectivity index (χ0n) is 8.31. The quantitative estimate of drug-likeness (QED) is 0.778. The van der Waals surface area contributed by atoms with E-state index in [1.165, 1.54) is 18.1 Å². The maximum atomic E-state index is 6.01. The molecule has 2 aromatic heterocycles. The maximum absolute atomic E-state index is 6.01. The zero-order valence-corrected chi connectivity index (χ0v) is 9.06. The van der Waals surface area contributed by atoms with E-state index in [0.717, 1.165) is 5.56 Å². The van der Waals surface area contributed by atoms with Crippen molar-refractivity contribution in [1.82, 2.24) is 20.0 Å². The van der Waals surface area contributed by atoms with E-state index in [0.29, 0.717) is 16.7 Å². The summed E-state index contributed by atoms with van der Waals surface area (Å²) in [6, 6.07) is 1.81. The summed E-state index contributed by atoms with van der Waals surface area (Å²) in [5, 5.41) is 8.51. The van der Waals surface area contributed by atoms with Gasteiger partial charge in [-0.25, -0.2) is 4.98 Å². The smallest absolute Gasteiger partial charge is 0.253 e. The number of aryl methyl sites for hydroxylation is 1. The third kappa shape index (κ3) is 1.92. The molecule has 6 heteroatoms. The van der Waals surface area contributed by atoms with Crippen LogP contribution in [0.3, 0.4) is 0 Å². The Morgan fingerprint density at radius 2 is 2.20 bits per heavy atom. The average molecular weight is 225 g/mol.